The summed E-state index contributed by atoms with van der Waals surface area (Å²) in [7, 11) is 0. The molecule has 0 aliphatic carbocycles. The van der Waals surface area contributed by atoms with Crippen molar-refractivity contribution >= 4 is 34.6 Å². The van der Waals surface area contributed by atoms with Gasteiger partial charge in [0.1, 0.15) is 0 Å². The number of nitrogen functional groups attached to an aromatic ring is 2. The van der Waals surface area contributed by atoms with Crippen molar-refractivity contribution in [3.8, 4) is 0 Å². The van der Waals surface area contributed by atoms with Gasteiger partial charge >= 0.3 is 12.4 Å². The highest BCUT2D eigenvalue weighted by Crippen LogP contribution is 2.36. The van der Waals surface area contributed by atoms with Crippen LogP contribution in [0.1, 0.15) is 28.4 Å². The number of carbonyl (C=O) groups is 2. The van der Waals surface area contributed by atoms with Gasteiger partial charge in [-0.2, -0.15) is 26.3 Å². The molecule has 0 saturated carbocycles. The Morgan fingerprint density at radius 2 is 1.11 bits per heavy atom. The SMILES string of the molecule is CC(=O)Nc1ccc(N)c(C(F)(F)F)c1.Nc1ccc(NC(=O)c2ccccc2)cc1C(F)(F)F. The van der Waals surface area contributed by atoms with E-state index >= 15 is 0 Å². The van der Waals surface area contributed by atoms with Gasteiger partial charge in [0.15, 0.2) is 0 Å². The molecule has 0 heterocycles. The summed E-state index contributed by atoms with van der Waals surface area (Å²) in [5, 5.41) is 4.65. The van der Waals surface area contributed by atoms with Crippen LogP contribution in [0.15, 0.2) is 66.7 Å². The van der Waals surface area contributed by atoms with Crippen LogP contribution in [0, 0.1) is 0 Å². The second kappa shape index (κ2) is 10.8. The van der Waals surface area contributed by atoms with Crippen LogP contribution in [-0.2, 0) is 17.1 Å². The number of hydrogen-bond acceptors (Lipinski definition) is 4. The number of amides is 2. The molecule has 0 saturated heterocycles. The predicted octanol–water partition coefficient (Wildman–Crippen LogP) is 5.79. The van der Waals surface area contributed by atoms with Gasteiger partial charge in [-0.1, -0.05) is 18.2 Å². The first-order valence-electron chi connectivity index (χ1n) is 9.76. The third kappa shape index (κ3) is 7.95. The number of benzene rings is 3. The Hall–Kier alpha value is -4.22. The van der Waals surface area contributed by atoms with E-state index in [0.29, 0.717) is 5.56 Å². The van der Waals surface area contributed by atoms with Crippen LogP contribution in [0.2, 0.25) is 0 Å². The number of anilines is 4. The maximum Gasteiger partial charge on any atom is 0.418 e. The van der Waals surface area contributed by atoms with Crippen LogP contribution in [0.25, 0.3) is 0 Å². The van der Waals surface area contributed by atoms with Crippen molar-refractivity contribution < 1.29 is 35.9 Å². The largest absolute Gasteiger partial charge is 0.418 e. The van der Waals surface area contributed by atoms with Crippen molar-refractivity contribution in [2.45, 2.75) is 19.3 Å². The lowest BCUT2D eigenvalue weighted by Gasteiger charge is -2.12. The fraction of sp³-hybridized carbons (Fsp3) is 0.130. The molecule has 2 amide bonds. The van der Waals surface area contributed by atoms with Crippen LogP contribution in [0.4, 0.5) is 49.1 Å². The zero-order valence-corrected chi connectivity index (χ0v) is 18.1. The van der Waals surface area contributed by atoms with Crippen LogP contribution in [0.5, 0.6) is 0 Å². The molecular weight excluding hydrogens is 478 g/mol. The van der Waals surface area contributed by atoms with E-state index in [1.165, 1.54) is 19.1 Å². The van der Waals surface area contributed by atoms with Crippen LogP contribution in [-0.4, -0.2) is 11.8 Å². The van der Waals surface area contributed by atoms with Gasteiger partial charge in [0.25, 0.3) is 5.91 Å². The van der Waals surface area contributed by atoms with Gasteiger partial charge in [0.05, 0.1) is 11.1 Å². The third-order valence-corrected chi connectivity index (χ3v) is 4.33. The molecule has 6 nitrogen and oxygen atoms in total. The molecule has 186 valence electrons. The Balaban J connectivity index is 0.000000258. The minimum absolute atomic E-state index is 0.0420. The Morgan fingerprint density at radius 1 is 0.686 bits per heavy atom. The molecule has 6 N–H and O–H groups in total. The normalized spacial score (nSPS) is 11.2. The van der Waals surface area contributed by atoms with Crippen LogP contribution < -0.4 is 22.1 Å². The van der Waals surface area contributed by atoms with E-state index in [9.17, 15) is 35.9 Å². The number of hydrogen-bond donors (Lipinski definition) is 4. The number of nitrogens with one attached hydrogen (secondary N) is 2. The standard InChI is InChI=1S/C14H11F3N2O.C9H9F3N2O/c15-14(16,17)11-8-10(6-7-12(11)18)19-13(20)9-4-2-1-3-5-9;1-5(15)14-6-2-3-8(13)7(4-6)9(10,11)12/h1-8H,18H2,(H,19,20);2-4H,13H2,1H3,(H,14,15). The van der Waals surface area contributed by atoms with Gasteiger partial charge in [0.2, 0.25) is 5.91 Å². The minimum atomic E-state index is -4.56. The maximum absolute atomic E-state index is 12.7. The average molecular weight is 498 g/mol. The number of rotatable bonds is 3. The first-order chi connectivity index (χ1) is 16.2. The molecule has 3 rings (SSSR count). The van der Waals surface area contributed by atoms with Gasteiger partial charge in [-0.15, -0.1) is 0 Å². The first kappa shape index (κ1) is 27.0. The van der Waals surface area contributed by atoms with E-state index in [4.69, 9.17) is 11.5 Å². The van der Waals surface area contributed by atoms with Crippen molar-refractivity contribution in [1.29, 1.82) is 0 Å². The fourth-order valence-corrected chi connectivity index (χ4v) is 2.76. The molecule has 0 radical (unpaired) electrons. The molecule has 0 aromatic heterocycles. The molecule has 12 heteroatoms. The van der Waals surface area contributed by atoms with Gasteiger partial charge in [0, 0.05) is 35.2 Å². The van der Waals surface area contributed by atoms with E-state index in [1.54, 1.807) is 30.3 Å². The highest BCUT2D eigenvalue weighted by molar-refractivity contribution is 6.04. The second-order valence-electron chi connectivity index (χ2n) is 7.10. The maximum atomic E-state index is 12.7. The summed E-state index contributed by atoms with van der Waals surface area (Å²) in [4.78, 5) is 22.5. The summed E-state index contributed by atoms with van der Waals surface area (Å²) in [5.74, 6) is -0.920. The van der Waals surface area contributed by atoms with E-state index < -0.39 is 35.3 Å². The molecule has 0 fully saturated rings. The summed E-state index contributed by atoms with van der Waals surface area (Å²) in [6, 6.07) is 14.7. The molecule has 3 aromatic carbocycles. The van der Waals surface area contributed by atoms with Gasteiger partial charge in [-0.25, -0.2) is 0 Å². The quantitative estimate of drug-likeness (QED) is 0.271. The van der Waals surface area contributed by atoms with Crippen molar-refractivity contribution in [3.05, 3.63) is 83.4 Å². The van der Waals surface area contributed by atoms with Crippen molar-refractivity contribution in [2.75, 3.05) is 22.1 Å². The fourth-order valence-electron chi connectivity index (χ4n) is 2.76. The third-order valence-electron chi connectivity index (χ3n) is 4.33. The summed E-state index contributed by atoms with van der Waals surface area (Å²) in [6.07, 6.45) is -9.07. The minimum Gasteiger partial charge on any atom is -0.398 e. The van der Waals surface area contributed by atoms with Crippen molar-refractivity contribution in [2.24, 2.45) is 0 Å². The molecule has 0 aliphatic rings. The average Bonchev–Trinajstić information content (AvgIpc) is 2.75. The molecule has 0 unspecified atom stereocenters. The zero-order valence-electron chi connectivity index (χ0n) is 18.1. The lowest BCUT2D eigenvalue weighted by Crippen LogP contribution is -2.14. The molecule has 0 spiro atoms. The lowest BCUT2D eigenvalue weighted by molar-refractivity contribution is -0.137. The van der Waals surface area contributed by atoms with Gasteiger partial charge in [-0.3, -0.25) is 9.59 Å². The van der Waals surface area contributed by atoms with Crippen molar-refractivity contribution in [3.63, 3.8) is 0 Å². The van der Waals surface area contributed by atoms with Crippen molar-refractivity contribution in [1.82, 2.24) is 0 Å². The molecule has 0 aliphatic heterocycles. The number of alkyl halides is 6. The predicted molar refractivity (Wildman–Crippen MR) is 120 cm³/mol. The number of halogens is 6. The summed E-state index contributed by atoms with van der Waals surface area (Å²) < 4.78 is 75.2. The number of nitrogens with two attached hydrogens (primary N) is 2. The Kier molecular flexibility index (Phi) is 8.34. The second-order valence-corrected chi connectivity index (χ2v) is 7.10. The summed E-state index contributed by atoms with van der Waals surface area (Å²) in [6.45, 7) is 1.21. The smallest absolute Gasteiger partial charge is 0.398 e. The van der Waals surface area contributed by atoms with Gasteiger partial charge in [-0.05, 0) is 48.5 Å². The highest BCUT2D eigenvalue weighted by atomic mass is 19.4. The first-order valence-corrected chi connectivity index (χ1v) is 9.76. The molecule has 0 bridgehead atoms. The van der Waals surface area contributed by atoms with Crippen LogP contribution in [0.3, 0.4) is 0 Å². The topological polar surface area (TPSA) is 110 Å². The lowest BCUT2D eigenvalue weighted by atomic mass is 10.1. The summed E-state index contributed by atoms with van der Waals surface area (Å²) >= 11 is 0. The van der Waals surface area contributed by atoms with E-state index in [2.05, 4.69) is 10.6 Å². The highest BCUT2D eigenvalue weighted by Gasteiger charge is 2.34. The molecule has 3 aromatic rings. The van der Waals surface area contributed by atoms with Gasteiger partial charge < -0.3 is 22.1 Å². The molecular formula is C23H20F6N4O2. The number of carbonyl (C=O) groups excluding carboxylic acids is 2. The molecule has 35 heavy (non-hydrogen) atoms. The summed E-state index contributed by atoms with van der Waals surface area (Å²) in [5.41, 5.74) is 8.27. The monoisotopic (exact) mass is 498 g/mol. The Morgan fingerprint density at radius 3 is 1.51 bits per heavy atom. The Labute approximate surface area is 195 Å². The van der Waals surface area contributed by atoms with E-state index in [-0.39, 0.29) is 22.7 Å². The van der Waals surface area contributed by atoms with E-state index in [0.717, 1.165) is 24.3 Å². The Bertz CT molecular complexity index is 1190. The van der Waals surface area contributed by atoms with Crippen LogP contribution >= 0.6 is 0 Å². The van der Waals surface area contributed by atoms with E-state index in [1.807, 2.05) is 0 Å². The molecule has 0 atom stereocenters. The zero-order chi connectivity index (χ0) is 26.4.